The average molecular weight is 325 g/mol. The molecule has 1 aliphatic rings. The molecule has 1 aliphatic heterocycles. The molecule has 0 bridgehead atoms. The zero-order chi connectivity index (χ0) is 16.3. The molecular weight excluding hydrogens is 304 g/mol. The molecule has 120 valence electrons. The van der Waals surface area contributed by atoms with Crippen LogP contribution in [0.4, 0.5) is 4.79 Å². The van der Waals surface area contributed by atoms with Crippen LogP contribution in [0, 0.1) is 12.8 Å². The summed E-state index contributed by atoms with van der Waals surface area (Å²) in [5, 5.41) is 0.541. The zero-order valence-electron chi connectivity index (χ0n) is 13.1. The molecule has 0 saturated carbocycles. The standard InChI is InChI=1S/C16H21ClN2O3/c1-11-4-5-13(17)10-14(11)22-15(20)12-6-8-19(9-7-12)16(21)18(2)3/h4-5,10,12H,6-9H2,1-3H3. The molecule has 5 nitrogen and oxygen atoms in total. The van der Waals surface area contributed by atoms with Crippen molar-refractivity contribution in [2.45, 2.75) is 19.8 Å². The number of esters is 1. The van der Waals surface area contributed by atoms with E-state index >= 15 is 0 Å². The second kappa shape index (κ2) is 7.01. The van der Waals surface area contributed by atoms with E-state index in [9.17, 15) is 9.59 Å². The molecular formula is C16H21ClN2O3. The number of rotatable bonds is 2. The normalized spacial score (nSPS) is 15.5. The molecule has 0 aromatic heterocycles. The van der Waals surface area contributed by atoms with Crippen LogP contribution in [0.25, 0.3) is 0 Å². The molecule has 1 fully saturated rings. The summed E-state index contributed by atoms with van der Waals surface area (Å²) in [5.74, 6) is 0.0798. The van der Waals surface area contributed by atoms with Crippen molar-refractivity contribution in [3.63, 3.8) is 0 Å². The third kappa shape index (κ3) is 3.91. The number of hydrogen-bond donors (Lipinski definition) is 0. The molecule has 0 atom stereocenters. The quantitative estimate of drug-likeness (QED) is 0.621. The number of amides is 2. The van der Waals surface area contributed by atoms with E-state index in [0.29, 0.717) is 36.7 Å². The third-order valence-corrected chi connectivity index (χ3v) is 4.08. The van der Waals surface area contributed by atoms with Gasteiger partial charge in [-0.1, -0.05) is 17.7 Å². The van der Waals surface area contributed by atoms with Crippen molar-refractivity contribution in [2.75, 3.05) is 27.2 Å². The minimum Gasteiger partial charge on any atom is -0.426 e. The largest absolute Gasteiger partial charge is 0.426 e. The lowest BCUT2D eigenvalue weighted by atomic mass is 9.97. The van der Waals surface area contributed by atoms with E-state index in [1.54, 1.807) is 36.0 Å². The van der Waals surface area contributed by atoms with Gasteiger partial charge in [0.05, 0.1) is 5.92 Å². The number of urea groups is 1. The number of aryl methyl sites for hydroxylation is 1. The van der Waals surface area contributed by atoms with E-state index in [0.717, 1.165) is 5.56 Å². The first-order valence-corrected chi connectivity index (χ1v) is 7.70. The molecule has 1 heterocycles. The number of piperidine rings is 1. The molecule has 1 aromatic rings. The van der Waals surface area contributed by atoms with E-state index in [4.69, 9.17) is 16.3 Å². The molecule has 6 heteroatoms. The van der Waals surface area contributed by atoms with Crippen LogP contribution >= 0.6 is 11.6 Å². The highest BCUT2D eigenvalue weighted by Gasteiger charge is 2.29. The van der Waals surface area contributed by atoms with Crippen molar-refractivity contribution in [1.29, 1.82) is 0 Å². The van der Waals surface area contributed by atoms with Crippen molar-refractivity contribution >= 4 is 23.6 Å². The number of benzene rings is 1. The Kier molecular flexibility index (Phi) is 5.29. The first-order chi connectivity index (χ1) is 10.4. The summed E-state index contributed by atoms with van der Waals surface area (Å²) in [6.07, 6.45) is 1.25. The monoisotopic (exact) mass is 324 g/mol. The lowest BCUT2D eigenvalue weighted by Gasteiger charge is -2.32. The fourth-order valence-electron chi connectivity index (χ4n) is 2.46. The van der Waals surface area contributed by atoms with Crippen molar-refractivity contribution in [2.24, 2.45) is 5.92 Å². The highest BCUT2D eigenvalue weighted by Crippen LogP contribution is 2.25. The number of likely N-dealkylation sites (tertiary alicyclic amines) is 1. The topological polar surface area (TPSA) is 49.9 Å². The first-order valence-electron chi connectivity index (χ1n) is 7.32. The Hall–Kier alpha value is -1.75. The van der Waals surface area contributed by atoms with E-state index in [2.05, 4.69) is 0 Å². The second-order valence-corrected chi connectivity index (χ2v) is 6.21. The SMILES string of the molecule is Cc1ccc(Cl)cc1OC(=O)C1CCN(C(=O)N(C)C)CC1. The number of carbonyl (C=O) groups is 2. The van der Waals surface area contributed by atoms with Crippen LogP contribution in [0.5, 0.6) is 5.75 Å². The van der Waals surface area contributed by atoms with Gasteiger partial charge in [-0.05, 0) is 37.5 Å². The molecule has 0 aliphatic carbocycles. The van der Waals surface area contributed by atoms with Gasteiger partial charge in [0.2, 0.25) is 0 Å². The maximum Gasteiger partial charge on any atom is 0.319 e. The van der Waals surface area contributed by atoms with Crippen LogP contribution in [-0.4, -0.2) is 49.0 Å². The summed E-state index contributed by atoms with van der Waals surface area (Å²) in [5.41, 5.74) is 0.873. The van der Waals surface area contributed by atoms with Gasteiger partial charge in [-0.25, -0.2) is 4.79 Å². The number of hydrogen-bond acceptors (Lipinski definition) is 3. The van der Waals surface area contributed by atoms with Crippen molar-refractivity contribution < 1.29 is 14.3 Å². The number of halogens is 1. The van der Waals surface area contributed by atoms with E-state index in [-0.39, 0.29) is 17.9 Å². The number of carbonyl (C=O) groups excluding carboxylic acids is 2. The summed E-state index contributed by atoms with van der Waals surface area (Å²) in [7, 11) is 3.45. The molecule has 0 unspecified atom stereocenters. The van der Waals surface area contributed by atoms with Crippen LogP contribution in [0.2, 0.25) is 5.02 Å². The molecule has 1 aromatic carbocycles. The number of nitrogens with zero attached hydrogens (tertiary/aromatic N) is 2. The predicted octanol–water partition coefficient (Wildman–Crippen LogP) is 2.95. The maximum atomic E-state index is 12.3. The Bertz CT molecular complexity index is 567. The molecule has 0 N–H and O–H groups in total. The van der Waals surface area contributed by atoms with Gasteiger partial charge in [-0.2, -0.15) is 0 Å². The molecule has 2 rings (SSSR count). The van der Waals surface area contributed by atoms with Crippen LogP contribution in [0.15, 0.2) is 18.2 Å². The number of ether oxygens (including phenoxy) is 1. The van der Waals surface area contributed by atoms with Gasteiger partial charge in [0.15, 0.2) is 0 Å². The van der Waals surface area contributed by atoms with Gasteiger partial charge in [0.25, 0.3) is 0 Å². The van der Waals surface area contributed by atoms with Gasteiger partial charge in [0.1, 0.15) is 5.75 Å². The van der Waals surface area contributed by atoms with Gasteiger partial charge in [0, 0.05) is 32.2 Å². The lowest BCUT2D eigenvalue weighted by Crippen LogP contribution is -2.45. The Morgan fingerprint density at radius 1 is 1.27 bits per heavy atom. The minimum atomic E-state index is -0.248. The second-order valence-electron chi connectivity index (χ2n) is 5.77. The van der Waals surface area contributed by atoms with Gasteiger partial charge in [-0.3, -0.25) is 4.79 Å². The third-order valence-electron chi connectivity index (χ3n) is 3.84. The summed E-state index contributed by atoms with van der Waals surface area (Å²) in [4.78, 5) is 27.4. The smallest absolute Gasteiger partial charge is 0.319 e. The summed E-state index contributed by atoms with van der Waals surface area (Å²) in [6, 6.07) is 5.22. The molecule has 0 radical (unpaired) electrons. The van der Waals surface area contributed by atoms with Crippen molar-refractivity contribution in [3.05, 3.63) is 28.8 Å². The van der Waals surface area contributed by atoms with Crippen LogP contribution in [0.1, 0.15) is 18.4 Å². The fourth-order valence-corrected chi connectivity index (χ4v) is 2.63. The summed E-state index contributed by atoms with van der Waals surface area (Å²) < 4.78 is 5.47. The Balaban J connectivity index is 1.93. The Morgan fingerprint density at radius 3 is 2.50 bits per heavy atom. The van der Waals surface area contributed by atoms with E-state index in [1.807, 2.05) is 13.0 Å². The van der Waals surface area contributed by atoms with E-state index in [1.165, 1.54) is 0 Å². The predicted molar refractivity (Wildman–Crippen MR) is 85.2 cm³/mol. The molecule has 0 spiro atoms. The summed E-state index contributed by atoms with van der Waals surface area (Å²) in [6.45, 7) is 3.02. The molecule has 22 heavy (non-hydrogen) atoms. The van der Waals surface area contributed by atoms with Crippen molar-refractivity contribution in [1.82, 2.24) is 9.80 Å². The highest BCUT2D eigenvalue weighted by molar-refractivity contribution is 6.30. The zero-order valence-corrected chi connectivity index (χ0v) is 13.9. The highest BCUT2D eigenvalue weighted by atomic mass is 35.5. The lowest BCUT2D eigenvalue weighted by molar-refractivity contribution is -0.140. The van der Waals surface area contributed by atoms with Gasteiger partial charge < -0.3 is 14.5 Å². The van der Waals surface area contributed by atoms with Gasteiger partial charge >= 0.3 is 12.0 Å². The first kappa shape index (κ1) is 16.6. The Labute approximate surface area is 135 Å². The fraction of sp³-hybridized carbons (Fsp3) is 0.500. The average Bonchev–Trinajstić information content (AvgIpc) is 2.50. The van der Waals surface area contributed by atoms with E-state index < -0.39 is 0 Å². The minimum absolute atomic E-state index is 0.0162. The van der Waals surface area contributed by atoms with Gasteiger partial charge in [-0.15, -0.1) is 0 Å². The Morgan fingerprint density at radius 2 is 1.91 bits per heavy atom. The van der Waals surface area contributed by atoms with Crippen molar-refractivity contribution in [3.8, 4) is 5.75 Å². The molecule has 2 amide bonds. The maximum absolute atomic E-state index is 12.3. The summed E-state index contributed by atoms with van der Waals surface area (Å²) >= 11 is 5.93. The molecule has 1 saturated heterocycles. The van der Waals surface area contributed by atoms with Crippen LogP contribution in [-0.2, 0) is 4.79 Å². The van der Waals surface area contributed by atoms with Crippen LogP contribution in [0.3, 0.4) is 0 Å². The van der Waals surface area contributed by atoms with Crippen LogP contribution < -0.4 is 4.74 Å².